The summed E-state index contributed by atoms with van der Waals surface area (Å²) in [4.78, 5) is 21.8. The summed E-state index contributed by atoms with van der Waals surface area (Å²) in [6.07, 6.45) is 6.58. The number of aromatic nitrogens is 2. The maximum atomic E-state index is 4.85. The first-order valence-corrected chi connectivity index (χ1v) is 11.8. The van der Waals surface area contributed by atoms with Gasteiger partial charge in [0.25, 0.3) is 0 Å². The van der Waals surface area contributed by atoms with Crippen LogP contribution in [0.15, 0.2) is 29.3 Å². The minimum atomic E-state index is 0.770. The van der Waals surface area contributed by atoms with Crippen molar-refractivity contribution < 1.29 is 0 Å². The van der Waals surface area contributed by atoms with Crippen LogP contribution >= 0.6 is 0 Å². The molecule has 2 aliphatic rings. The molecular formula is C25H36N6. The highest BCUT2D eigenvalue weighted by atomic mass is 15.2. The average molecular weight is 421 g/mol. The van der Waals surface area contributed by atoms with Gasteiger partial charge in [-0.1, -0.05) is 6.92 Å². The van der Waals surface area contributed by atoms with E-state index in [-0.39, 0.29) is 0 Å². The predicted molar refractivity (Wildman–Crippen MR) is 130 cm³/mol. The van der Waals surface area contributed by atoms with Crippen molar-refractivity contribution >= 4 is 17.7 Å². The molecule has 0 spiro atoms. The Bertz CT molecular complexity index is 878. The van der Waals surface area contributed by atoms with Gasteiger partial charge in [0, 0.05) is 61.4 Å². The van der Waals surface area contributed by atoms with Crippen molar-refractivity contribution in [1.82, 2.24) is 19.8 Å². The number of aliphatic imine (C=N–C) groups is 1. The summed E-state index contributed by atoms with van der Waals surface area (Å²) in [5, 5.41) is 0. The zero-order chi connectivity index (χ0) is 21.6. The number of hydrogen-bond donors (Lipinski definition) is 0. The quantitative estimate of drug-likeness (QED) is 0.635. The normalized spacial score (nSPS) is 18.4. The molecule has 6 heteroatoms. The van der Waals surface area contributed by atoms with Crippen molar-refractivity contribution in [3.05, 3.63) is 35.5 Å². The van der Waals surface area contributed by atoms with E-state index in [0.29, 0.717) is 0 Å². The summed E-state index contributed by atoms with van der Waals surface area (Å²) >= 11 is 0. The first kappa shape index (κ1) is 21.9. The molecule has 0 amide bonds. The highest BCUT2D eigenvalue weighted by molar-refractivity contribution is 5.66. The minimum absolute atomic E-state index is 0.770. The maximum absolute atomic E-state index is 4.85. The van der Waals surface area contributed by atoms with Gasteiger partial charge in [-0.3, -0.25) is 0 Å². The van der Waals surface area contributed by atoms with Crippen LogP contribution in [0.3, 0.4) is 0 Å². The predicted octanol–water partition coefficient (Wildman–Crippen LogP) is 3.95. The Morgan fingerprint density at radius 1 is 0.968 bits per heavy atom. The van der Waals surface area contributed by atoms with Gasteiger partial charge < -0.3 is 14.7 Å². The Hall–Kier alpha value is -2.31. The van der Waals surface area contributed by atoms with E-state index in [4.69, 9.17) is 15.0 Å². The zero-order valence-electron chi connectivity index (χ0n) is 19.3. The molecule has 2 fully saturated rings. The van der Waals surface area contributed by atoms with Crippen LogP contribution in [0.5, 0.6) is 0 Å². The average Bonchev–Trinajstić information content (AvgIpc) is 3.31. The van der Waals surface area contributed by atoms with E-state index in [9.17, 15) is 0 Å². The molecule has 0 N–H and O–H groups in total. The molecule has 0 saturated carbocycles. The molecule has 2 aliphatic heterocycles. The molecule has 3 heterocycles. The van der Waals surface area contributed by atoms with Gasteiger partial charge in [0.1, 0.15) is 0 Å². The maximum Gasteiger partial charge on any atom is 0.161 e. The van der Waals surface area contributed by atoms with Crippen molar-refractivity contribution in [2.75, 3.05) is 57.8 Å². The molecule has 31 heavy (non-hydrogen) atoms. The van der Waals surface area contributed by atoms with E-state index < -0.39 is 0 Å². The van der Waals surface area contributed by atoms with Crippen LogP contribution in [-0.2, 0) is 6.42 Å². The minimum Gasteiger partial charge on any atom is -0.369 e. The molecular weight excluding hydrogens is 384 g/mol. The number of likely N-dealkylation sites (N-methyl/N-ethyl adjacent to an activating group) is 1. The van der Waals surface area contributed by atoms with Crippen molar-refractivity contribution in [1.29, 1.82) is 0 Å². The molecule has 0 aliphatic carbocycles. The monoisotopic (exact) mass is 420 g/mol. The molecule has 0 atom stereocenters. The Balaban J connectivity index is 1.48. The van der Waals surface area contributed by atoms with Crippen LogP contribution in [0.1, 0.15) is 37.4 Å². The van der Waals surface area contributed by atoms with Crippen LogP contribution in [0, 0.1) is 6.92 Å². The molecule has 0 unspecified atom stereocenters. The molecule has 1 aromatic carbocycles. The van der Waals surface area contributed by atoms with Crippen LogP contribution in [0.25, 0.3) is 11.4 Å². The number of likely N-dealkylation sites (tertiary alicyclic amines) is 1. The van der Waals surface area contributed by atoms with Crippen LogP contribution in [-0.4, -0.2) is 78.8 Å². The van der Waals surface area contributed by atoms with E-state index >= 15 is 0 Å². The van der Waals surface area contributed by atoms with Gasteiger partial charge in [-0.25, -0.2) is 15.0 Å². The second kappa shape index (κ2) is 10.3. The first-order chi connectivity index (χ1) is 15.1. The highest BCUT2D eigenvalue weighted by Gasteiger charge is 2.15. The van der Waals surface area contributed by atoms with Gasteiger partial charge in [-0.2, -0.15) is 0 Å². The van der Waals surface area contributed by atoms with Crippen LogP contribution in [0.2, 0.25) is 0 Å². The third kappa shape index (κ3) is 5.49. The number of benzene rings is 1. The fourth-order valence-electron chi connectivity index (χ4n) is 4.51. The van der Waals surface area contributed by atoms with Crippen LogP contribution in [0.4, 0.5) is 11.5 Å². The lowest BCUT2D eigenvalue weighted by atomic mass is 10.1. The zero-order valence-corrected chi connectivity index (χ0v) is 19.3. The van der Waals surface area contributed by atoms with Gasteiger partial charge in [-0.15, -0.1) is 0 Å². The van der Waals surface area contributed by atoms with Gasteiger partial charge >= 0.3 is 0 Å². The second-order valence-corrected chi connectivity index (χ2v) is 8.77. The van der Waals surface area contributed by atoms with Gasteiger partial charge in [0.05, 0.1) is 0 Å². The van der Waals surface area contributed by atoms with E-state index in [0.717, 1.165) is 74.0 Å². The van der Waals surface area contributed by atoms with Crippen molar-refractivity contribution in [3.8, 4) is 11.4 Å². The van der Waals surface area contributed by atoms with Gasteiger partial charge in [0.15, 0.2) is 11.6 Å². The number of aryl methyl sites for hydroxylation is 1. The summed E-state index contributed by atoms with van der Waals surface area (Å²) in [6.45, 7) is 12.2. The van der Waals surface area contributed by atoms with E-state index in [1.807, 2.05) is 6.21 Å². The number of nitrogens with zero attached hydrogens (tertiary/aromatic N) is 6. The number of anilines is 1. The summed E-state index contributed by atoms with van der Waals surface area (Å²) < 4.78 is 0. The lowest BCUT2D eigenvalue weighted by molar-refractivity contribution is 0.313. The first-order valence-electron chi connectivity index (χ1n) is 11.8. The second-order valence-electron chi connectivity index (χ2n) is 8.77. The lowest BCUT2D eigenvalue weighted by Gasteiger charge is -2.34. The molecule has 4 rings (SSSR count). The summed E-state index contributed by atoms with van der Waals surface area (Å²) in [7, 11) is 2.19. The van der Waals surface area contributed by atoms with E-state index in [1.54, 1.807) is 0 Å². The van der Waals surface area contributed by atoms with E-state index in [1.165, 1.54) is 31.6 Å². The molecule has 2 aromatic rings. The Kier molecular flexibility index (Phi) is 7.30. The molecule has 1 aromatic heterocycles. The van der Waals surface area contributed by atoms with E-state index in [2.05, 4.69) is 59.9 Å². The third-order valence-corrected chi connectivity index (χ3v) is 6.53. The Labute approximate surface area is 187 Å². The van der Waals surface area contributed by atoms with Gasteiger partial charge in [0.2, 0.25) is 0 Å². The fourth-order valence-corrected chi connectivity index (χ4v) is 4.51. The SMILES string of the molecule is CCc1c(C)nc(-c2ccc(N3CCN(C)CC3)cc2)nc1/N=C/CCN1CCCC1. The van der Waals surface area contributed by atoms with Crippen LogP contribution < -0.4 is 4.90 Å². The van der Waals surface area contributed by atoms with Crippen molar-refractivity contribution in [2.45, 2.75) is 39.5 Å². The summed E-state index contributed by atoms with van der Waals surface area (Å²) in [5.74, 6) is 1.60. The standard InChI is InChI=1S/C25H36N6/c1-4-23-20(2)27-24(28-25(23)26-12-7-15-30-13-5-6-14-30)21-8-10-22(11-9-21)31-18-16-29(3)17-19-31/h8-12H,4-7,13-19H2,1-3H3/b26-12+. The third-order valence-electron chi connectivity index (χ3n) is 6.53. The highest BCUT2D eigenvalue weighted by Crippen LogP contribution is 2.26. The summed E-state index contributed by atoms with van der Waals surface area (Å²) in [6, 6.07) is 8.70. The van der Waals surface area contributed by atoms with Crippen molar-refractivity contribution in [2.24, 2.45) is 4.99 Å². The van der Waals surface area contributed by atoms with Gasteiger partial charge in [-0.05, 0) is 77.0 Å². The number of hydrogen-bond acceptors (Lipinski definition) is 6. The summed E-state index contributed by atoms with van der Waals surface area (Å²) in [5.41, 5.74) is 4.51. The lowest BCUT2D eigenvalue weighted by Crippen LogP contribution is -2.44. The van der Waals surface area contributed by atoms with Crippen molar-refractivity contribution in [3.63, 3.8) is 0 Å². The molecule has 6 nitrogen and oxygen atoms in total. The molecule has 166 valence electrons. The topological polar surface area (TPSA) is 47.9 Å². The Morgan fingerprint density at radius 2 is 1.68 bits per heavy atom. The number of piperazine rings is 1. The molecule has 0 radical (unpaired) electrons. The number of rotatable bonds is 7. The fraction of sp³-hybridized carbons (Fsp3) is 0.560. The smallest absolute Gasteiger partial charge is 0.161 e. The molecule has 2 saturated heterocycles. The largest absolute Gasteiger partial charge is 0.369 e. The molecule has 0 bridgehead atoms. The Morgan fingerprint density at radius 3 is 2.35 bits per heavy atom.